The number of fused-ring (bicyclic) bond motifs is 3. The van der Waals surface area contributed by atoms with Crippen LogP contribution in [0.1, 0.15) is 0 Å². The Morgan fingerprint density at radius 2 is 1.52 bits per heavy atom. The molecule has 0 saturated carbocycles. The highest BCUT2D eigenvalue weighted by molar-refractivity contribution is 5.97. The molecule has 0 fully saturated rings. The van der Waals surface area contributed by atoms with Crippen LogP contribution >= 0.6 is 0 Å². The summed E-state index contributed by atoms with van der Waals surface area (Å²) in [5, 5.41) is 10.7. The van der Waals surface area contributed by atoms with Gasteiger partial charge in [-0.05, 0) is 28.8 Å². The molecule has 1 N–H and O–H groups in total. The lowest BCUT2D eigenvalue weighted by atomic mass is 9.94. The van der Waals surface area contributed by atoms with Crippen LogP contribution in [-0.4, -0.2) is 22.7 Å². The van der Waals surface area contributed by atoms with Crippen LogP contribution in [0.5, 0.6) is 0 Å². The van der Waals surface area contributed by atoms with Crippen molar-refractivity contribution in [2.24, 2.45) is 0 Å². The second-order valence-electron chi connectivity index (χ2n) is 6.73. The summed E-state index contributed by atoms with van der Waals surface area (Å²) in [5.74, 6) is 0. The Hall–Kier alpha value is -3.59. The Labute approximate surface area is 158 Å². The van der Waals surface area contributed by atoms with Crippen LogP contribution in [0.2, 0.25) is 0 Å². The topological polar surface area (TPSA) is 26.5 Å². The third-order valence-electron chi connectivity index (χ3n) is 5.06. The van der Waals surface area contributed by atoms with Gasteiger partial charge in [-0.25, -0.2) is 0 Å². The number of hydrogen-bond acceptors (Lipinski definition) is 2. The van der Waals surface area contributed by atoms with Gasteiger partial charge in [0.2, 0.25) is 6.21 Å². The first-order valence-corrected chi connectivity index (χ1v) is 9.07. The van der Waals surface area contributed by atoms with E-state index in [1.807, 2.05) is 36.4 Å². The van der Waals surface area contributed by atoms with E-state index in [1.165, 1.54) is 4.74 Å². The number of allylic oxidation sites excluding steroid dienone is 3. The van der Waals surface area contributed by atoms with Crippen molar-refractivity contribution in [1.29, 1.82) is 0 Å². The molecule has 0 bridgehead atoms. The fraction of sp³-hybridized carbons (Fsp3) is 0.0417. The molecule has 0 spiro atoms. The summed E-state index contributed by atoms with van der Waals surface area (Å²) in [5.41, 5.74) is 7.27. The molecule has 2 aliphatic heterocycles. The second-order valence-corrected chi connectivity index (χ2v) is 6.73. The summed E-state index contributed by atoms with van der Waals surface area (Å²) in [6, 6.07) is 24.9. The smallest absolute Gasteiger partial charge is 0.282 e. The first kappa shape index (κ1) is 15.6. The van der Waals surface area contributed by atoms with E-state index in [-0.39, 0.29) is 0 Å². The SMILES string of the molecule is O[N+]1=CC2=CC=CCN2c2c(-c3ccccc3)cc(-c3ccccc3)cc21. The van der Waals surface area contributed by atoms with Crippen molar-refractivity contribution in [2.45, 2.75) is 0 Å². The maximum atomic E-state index is 10.7. The van der Waals surface area contributed by atoms with E-state index in [4.69, 9.17) is 0 Å². The summed E-state index contributed by atoms with van der Waals surface area (Å²) in [6.07, 6.45) is 7.96. The molecule has 0 unspecified atom stereocenters. The molecule has 0 aliphatic carbocycles. The number of benzene rings is 3. The highest BCUT2D eigenvalue weighted by Crippen LogP contribution is 2.45. The van der Waals surface area contributed by atoms with Crippen LogP contribution in [0.25, 0.3) is 22.3 Å². The maximum absolute atomic E-state index is 10.7. The van der Waals surface area contributed by atoms with Crippen LogP contribution in [0.15, 0.2) is 96.7 Å². The average molecular weight is 351 g/mol. The minimum absolute atomic E-state index is 0.785. The lowest BCUT2D eigenvalue weighted by Gasteiger charge is -2.30. The lowest BCUT2D eigenvalue weighted by Crippen LogP contribution is -2.32. The normalized spacial score (nSPS) is 14.9. The molecular weight excluding hydrogens is 332 g/mol. The Morgan fingerprint density at radius 3 is 2.26 bits per heavy atom. The third kappa shape index (κ3) is 2.64. The van der Waals surface area contributed by atoms with Gasteiger partial charge in [0.05, 0.1) is 0 Å². The zero-order valence-corrected chi connectivity index (χ0v) is 14.8. The first-order valence-electron chi connectivity index (χ1n) is 9.07. The summed E-state index contributed by atoms with van der Waals surface area (Å²) in [7, 11) is 0. The van der Waals surface area contributed by atoms with Gasteiger partial charge in [0.1, 0.15) is 11.4 Å². The number of rotatable bonds is 2. The fourth-order valence-corrected chi connectivity index (χ4v) is 3.77. The molecular formula is C24H19N2O+. The molecule has 3 heteroatoms. The largest absolute Gasteiger partial charge is 0.326 e. The van der Waals surface area contributed by atoms with Gasteiger partial charge < -0.3 is 4.90 Å². The Morgan fingerprint density at radius 1 is 0.815 bits per heavy atom. The molecule has 0 radical (unpaired) electrons. The van der Waals surface area contributed by atoms with E-state index in [1.54, 1.807) is 6.21 Å². The Kier molecular flexibility index (Phi) is 3.65. The van der Waals surface area contributed by atoms with Crippen LogP contribution < -0.4 is 4.90 Å². The zero-order chi connectivity index (χ0) is 18.2. The Bertz CT molecular complexity index is 1100. The van der Waals surface area contributed by atoms with Gasteiger partial charge in [0.15, 0.2) is 0 Å². The van der Waals surface area contributed by atoms with Gasteiger partial charge in [-0.15, -0.1) is 0 Å². The van der Waals surface area contributed by atoms with Crippen LogP contribution in [-0.2, 0) is 0 Å². The number of nitrogens with zero attached hydrogens (tertiary/aromatic N) is 2. The van der Waals surface area contributed by atoms with Gasteiger partial charge in [-0.2, -0.15) is 0 Å². The van der Waals surface area contributed by atoms with Gasteiger partial charge in [0.25, 0.3) is 5.69 Å². The van der Waals surface area contributed by atoms with E-state index < -0.39 is 0 Å². The first-order chi connectivity index (χ1) is 13.3. The van der Waals surface area contributed by atoms with E-state index in [9.17, 15) is 5.21 Å². The van der Waals surface area contributed by atoms with Crippen LogP contribution in [0.3, 0.4) is 0 Å². The summed E-state index contributed by atoms with van der Waals surface area (Å²) in [4.78, 5) is 2.25. The Balaban J connectivity index is 1.81. The molecule has 130 valence electrons. The molecule has 2 heterocycles. The average Bonchev–Trinajstić information content (AvgIpc) is 2.74. The van der Waals surface area contributed by atoms with Crippen molar-refractivity contribution in [1.82, 2.24) is 0 Å². The van der Waals surface area contributed by atoms with Crippen molar-refractivity contribution in [3.05, 3.63) is 96.7 Å². The standard InChI is InChI=1S/C24H19N2O/c27-26-17-21-13-7-8-14-25(21)24-22(19-11-5-2-6-12-19)15-20(16-23(24)26)18-9-3-1-4-10-18/h1-13,15-17,27H,14H2/q+1. The van der Waals surface area contributed by atoms with E-state index in [0.29, 0.717) is 0 Å². The van der Waals surface area contributed by atoms with Gasteiger partial charge in [-0.3, -0.25) is 5.21 Å². The molecule has 3 nitrogen and oxygen atoms in total. The second kappa shape index (κ2) is 6.29. The monoisotopic (exact) mass is 351 g/mol. The minimum atomic E-state index is 0.785. The quantitative estimate of drug-likeness (QED) is 0.494. The molecule has 5 rings (SSSR count). The van der Waals surface area contributed by atoms with Gasteiger partial charge in [-0.1, -0.05) is 72.8 Å². The summed E-state index contributed by atoms with van der Waals surface area (Å²) < 4.78 is 1.25. The van der Waals surface area contributed by atoms with E-state index in [2.05, 4.69) is 59.5 Å². The van der Waals surface area contributed by atoms with Crippen molar-refractivity contribution < 1.29 is 9.95 Å². The van der Waals surface area contributed by atoms with Crippen molar-refractivity contribution in [2.75, 3.05) is 11.4 Å². The molecule has 3 aromatic carbocycles. The third-order valence-corrected chi connectivity index (χ3v) is 5.06. The molecule has 0 atom stereocenters. The van der Waals surface area contributed by atoms with Gasteiger partial charge >= 0.3 is 0 Å². The lowest BCUT2D eigenvalue weighted by molar-refractivity contribution is -0.709. The molecule has 0 saturated heterocycles. The predicted molar refractivity (Wildman–Crippen MR) is 110 cm³/mol. The van der Waals surface area contributed by atoms with Crippen LogP contribution in [0.4, 0.5) is 11.4 Å². The molecule has 3 aromatic rings. The van der Waals surface area contributed by atoms with E-state index in [0.717, 1.165) is 45.9 Å². The molecule has 0 amide bonds. The summed E-state index contributed by atoms with van der Waals surface area (Å²) >= 11 is 0. The van der Waals surface area contributed by atoms with Crippen molar-refractivity contribution in [3.8, 4) is 22.3 Å². The maximum Gasteiger partial charge on any atom is 0.282 e. The van der Waals surface area contributed by atoms with Crippen LogP contribution in [0, 0.1) is 0 Å². The molecule has 2 aliphatic rings. The van der Waals surface area contributed by atoms with E-state index >= 15 is 0 Å². The number of anilines is 1. The minimum Gasteiger partial charge on any atom is -0.326 e. The van der Waals surface area contributed by atoms with Crippen molar-refractivity contribution >= 4 is 17.6 Å². The molecule has 27 heavy (non-hydrogen) atoms. The van der Waals surface area contributed by atoms with Gasteiger partial charge in [0, 0.05) is 22.9 Å². The van der Waals surface area contributed by atoms with Crippen molar-refractivity contribution in [3.63, 3.8) is 0 Å². The number of hydrogen-bond donors (Lipinski definition) is 1. The summed E-state index contributed by atoms with van der Waals surface area (Å²) in [6.45, 7) is 0.785. The molecule has 0 aromatic heterocycles. The zero-order valence-electron chi connectivity index (χ0n) is 14.8. The fourth-order valence-electron chi connectivity index (χ4n) is 3.77. The highest BCUT2D eigenvalue weighted by Gasteiger charge is 2.33. The predicted octanol–water partition coefficient (Wildman–Crippen LogP) is 5.40. The highest BCUT2D eigenvalue weighted by atomic mass is 16.5.